The summed E-state index contributed by atoms with van der Waals surface area (Å²) in [5, 5.41) is 8.87. The van der Waals surface area contributed by atoms with Gasteiger partial charge in [-0.1, -0.05) is 0 Å². The maximum Gasteiger partial charge on any atom is 0.275 e. The molecular weight excluding hydrogens is 264 g/mol. The minimum atomic E-state index is -0.362. The Morgan fingerprint density at radius 2 is 2.58 bits per heavy atom. The molecular formula is C12H16N4O2S. The molecule has 2 heterocycles. The zero-order valence-corrected chi connectivity index (χ0v) is 11.5. The Labute approximate surface area is 115 Å². The number of amides is 1. The Kier molecular flexibility index (Phi) is 4.50. The Balaban J connectivity index is 2.05. The van der Waals surface area contributed by atoms with E-state index in [-0.39, 0.29) is 12.0 Å². The third-order valence-electron chi connectivity index (χ3n) is 3.06. The van der Waals surface area contributed by atoms with Gasteiger partial charge in [0, 0.05) is 24.5 Å². The van der Waals surface area contributed by atoms with E-state index in [4.69, 9.17) is 15.8 Å². The SMILES string of the molecule is Cc1sc(C(=O)NN)cc1CN1CCOC(C#N)C1. The molecule has 1 aliphatic heterocycles. The highest BCUT2D eigenvalue weighted by Gasteiger charge is 2.21. The van der Waals surface area contributed by atoms with Gasteiger partial charge in [-0.3, -0.25) is 15.1 Å². The van der Waals surface area contributed by atoms with Gasteiger partial charge in [-0.15, -0.1) is 11.3 Å². The molecule has 0 aromatic carbocycles. The Morgan fingerprint density at radius 1 is 1.79 bits per heavy atom. The van der Waals surface area contributed by atoms with Gasteiger partial charge in [-0.2, -0.15) is 5.26 Å². The van der Waals surface area contributed by atoms with Crippen molar-refractivity contribution in [3.63, 3.8) is 0 Å². The number of nitrogens with zero attached hydrogens (tertiary/aromatic N) is 2. The number of carbonyl (C=O) groups is 1. The van der Waals surface area contributed by atoms with Gasteiger partial charge >= 0.3 is 0 Å². The number of hydrogen-bond donors (Lipinski definition) is 2. The van der Waals surface area contributed by atoms with Gasteiger partial charge in [0.25, 0.3) is 5.91 Å². The lowest BCUT2D eigenvalue weighted by atomic mass is 10.2. The predicted octanol–water partition coefficient (Wildman–Crippen LogP) is 0.384. The molecule has 1 saturated heterocycles. The minimum Gasteiger partial charge on any atom is -0.361 e. The highest BCUT2D eigenvalue weighted by Crippen LogP contribution is 2.23. The van der Waals surface area contributed by atoms with Crippen molar-refractivity contribution in [2.24, 2.45) is 5.84 Å². The van der Waals surface area contributed by atoms with Gasteiger partial charge in [0.15, 0.2) is 6.10 Å². The van der Waals surface area contributed by atoms with Crippen molar-refractivity contribution in [1.29, 1.82) is 5.26 Å². The summed E-state index contributed by atoms with van der Waals surface area (Å²) in [4.78, 5) is 15.3. The second-order valence-electron chi connectivity index (χ2n) is 4.39. The first-order valence-corrected chi connectivity index (χ1v) is 6.79. The standard InChI is InChI=1S/C12H16N4O2S/c1-8-9(4-11(19-8)12(17)15-14)6-16-2-3-18-10(5-13)7-16/h4,10H,2-3,6-7,14H2,1H3,(H,15,17). The van der Waals surface area contributed by atoms with Crippen molar-refractivity contribution < 1.29 is 9.53 Å². The molecule has 1 aliphatic rings. The van der Waals surface area contributed by atoms with E-state index in [9.17, 15) is 4.79 Å². The van der Waals surface area contributed by atoms with Crippen LogP contribution in [0.3, 0.4) is 0 Å². The molecule has 0 radical (unpaired) electrons. The second kappa shape index (κ2) is 6.12. The van der Waals surface area contributed by atoms with Crippen LogP contribution in [0, 0.1) is 18.3 Å². The number of morpholine rings is 1. The molecule has 1 fully saturated rings. The fourth-order valence-electron chi connectivity index (χ4n) is 2.02. The zero-order valence-electron chi connectivity index (χ0n) is 10.7. The lowest BCUT2D eigenvalue weighted by molar-refractivity contribution is -0.00271. The molecule has 7 heteroatoms. The van der Waals surface area contributed by atoms with Crippen LogP contribution in [-0.4, -0.2) is 36.6 Å². The average Bonchev–Trinajstić information content (AvgIpc) is 2.79. The highest BCUT2D eigenvalue weighted by molar-refractivity contribution is 7.14. The molecule has 0 spiro atoms. The second-order valence-corrected chi connectivity index (χ2v) is 5.65. The van der Waals surface area contributed by atoms with Crippen LogP contribution in [0.25, 0.3) is 0 Å². The topological polar surface area (TPSA) is 91.4 Å². The number of hydrogen-bond acceptors (Lipinski definition) is 6. The number of hydrazine groups is 1. The number of ether oxygens (including phenoxy) is 1. The maximum atomic E-state index is 11.5. The Bertz CT molecular complexity index is 508. The predicted molar refractivity (Wildman–Crippen MR) is 71.3 cm³/mol. The molecule has 1 atom stereocenters. The number of nitriles is 1. The van der Waals surface area contributed by atoms with Crippen LogP contribution >= 0.6 is 11.3 Å². The largest absolute Gasteiger partial charge is 0.361 e. The number of nitrogens with one attached hydrogen (secondary N) is 1. The number of aryl methyl sites for hydroxylation is 1. The fraction of sp³-hybridized carbons (Fsp3) is 0.500. The van der Waals surface area contributed by atoms with E-state index in [1.54, 1.807) is 0 Å². The van der Waals surface area contributed by atoms with E-state index in [0.717, 1.165) is 23.5 Å². The van der Waals surface area contributed by atoms with Gasteiger partial charge in [-0.25, -0.2) is 5.84 Å². The Morgan fingerprint density at radius 3 is 3.26 bits per heavy atom. The summed E-state index contributed by atoms with van der Waals surface area (Å²) >= 11 is 1.43. The molecule has 2 rings (SSSR count). The molecule has 102 valence electrons. The molecule has 1 aromatic heterocycles. The molecule has 1 unspecified atom stereocenters. The molecule has 3 N–H and O–H groups in total. The molecule has 0 bridgehead atoms. The number of nitrogens with two attached hydrogens (primary N) is 1. The third kappa shape index (κ3) is 3.30. The molecule has 1 aromatic rings. The van der Waals surface area contributed by atoms with E-state index < -0.39 is 0 Å². The highest BCUT2D eigenvalue weighted by atomic mass is 32.1. The van der Waals surface area contributed by atoms with Crippen LogP contribution in [0.4, 0.5) is 0 Å². The molecule has 0 aliphatic carbocycles. The van der Waals surface area contributed by atoms with Crippen molar-refractivity contribution in [1.82, 2.24) is 10.3 Å². The summed E-state index contributed by atoms with van der Waals surface area (Å²) in [6.07, 6.45) is -0.362. The first kappa shape index (κ1) is 14.0. The van der Waals surface area contributed by atoms with Gasteiger partial charge in [0.05, 0.1) is 17.6 Å². The monoisotopic (exact) mass is 280 g/mol. The van der Waals surface area contributed by atoms with Crippen molar-refractivity contribution in [3.05, 3.63) is 21.4 Å². The van der Waals surface area contributed by atoms with Crippen molar-refractivity contribution >= 4 is 17.2 Å². The smallest absolute Gasteiger partial charge is 0.275 e. The van der Waals surface area contributed by atoms with Gasteiger partial charge < -0.3 is 4.74 Å². The van der Waals surface area contributed by atoms with Crippen LogP contribution < -0.4 is 11.3 Å². The third-order valence-corrected chi connectivity index (χ3v) is 4.16. The number of carbonyl (C=O) groups excluding carboxylic acids is 1. The fourth-order valence-corrected chi connectivity index (χ4v) is 2.96. The summed E-state index contributed by atoms with van der Waals surface area (Å²) in [7, 11) is 0. The van der Waals surface area contributed by atoms with Crippen molar-refractivity contribution in [2.75, 3.05) is 19.7 Å². The minimum absolute atomic E-state index is 0.267. The number of thiophene rings is 1. The van der Waals surface area contributed by atoms with E-state index in [1.165, 1.54) is 11.3 Å². The van der Waals surface area contributed by atoms with Crippen LogP contribution in [0.5, 0.6) is 0 Å². The van der Waals surface area contributed by atoms with Crippen molar-refractivity contribution in [2.45, 2.75) is 19.6 Å². The molecule has 1 amide bonds. The molecule has 0 saturated carbocycles. The van der Waals surface area contributed by atoms with E-state index in [1.807, 2.05) is 13.0 Å². The maximum absolute atomic E-state index is 11.5. The van der Waals surface area contributed by atoms with Gasteiger partial charge in [0.1, 0.15) is 0 Å². The lowest BCUT2D eigenvalue weighted by Crippen LogP contribution is -2.41. The number of nitrogen functional groups attached to an aromatic ring is 1. The van der Waals surface area contributed by atoms with Crippen LogP contribution in [0.2, 0.25) is 0 Å². The zero-order chi connectivity index (χ0) is 13.8. The molecule has 19 heavy (non-hydrogen) atoms. The summed E-state index contributed by atoms with van der Waals surface area (Å²) in [5.41, 5.74) is 3.24. The average molecular weight is 280 g/mol. The summed E-state index contributed by atoms with van der Waals surface area (Å²) in [6, 6.07) is 3.99. The quantitative estimate of drug-likeness (QED) is 0.474. The van der Waals surface area contributed by atoms with Gasteiger partial charge in [0.2, 0.25) is 0 Å². The molecule has 6 nitrogen and oxygen atoms in total. The summed E-state index contributed by atoms with van der Waals surface area (Å²) in [6.45, 7) is 4.67. The number of rotatable bonds is 3. The van der Waals surface area contributed by atoms with E-state index in [0.29, 0.717) is 18.0 Å². The normalized spacial score (nSPS) is 19.9. The van der Waals surface area contributed by atoms with E-state index >= 15 is 0 Å². The lowest BCUT2D eigenvalue weighted by Gasteiger charge is -2.29. The first-order chi connectivity index (χ1) is 9.13. The van der Waals surface area contributed by atoms with Gasteiger partial charge in [-0.05, 0) is 18.6 Å². The summed E-state index contributed by atoms with van der Waals surface area (Å²) in [5.74, 6) is 4.86. The summed E-state index contributed by atoms with van der Waals surface area (Å²) < 4.78 is 5.31. The van der Waals surface area contributed by atoms with E-state index in [2.05, 4.69) is 16.4 Å². The van der Waals surface area contributed by atoms with Crippen molar-refractivity contribution in [3.8, 4) is 6.07 Å². The Hall–Kier alpha value is -1.46. The first-order valence-electron chi connectivity index (χ1n) is 5.98. The van der Waals surface area contributed by atoms with Crippen LogP contribution in [0.15, 0.2) is 6.07 Å². The van der Waals surface area contributed by atoms with Crippen LogP contribution in [-0.2, 0) is 11.3 Å². The van der Waals surface area contributed by atoms with Crippen LogP contribution in [0.1, 0.15) is 20.1 Å².